The maximum absolute atomic E-state index is 11.5. The van der Waals surface area contributed by atoms with Crippen LogP contribution in [0.15, 0.2) is 12.4 Å². The first kappa shape index (κ1) is 12.4. The van der Waals surface area contributed by atoms with Crippen molar-refractivity contribution in [2.75, 3.05) is 11.9 Å². The Kier molecular flexibility index (Phi) is 3.82. The Bertz CT molecular complexity index is 370. The molecule has 0 unspecified atom stereocenters. The second-order valence-electron chi connectivity index (χ2n) is 4.70. The van der Waals surface area contributed by atoms with E-state index in [0.717, 1.165) is 5.69 Å². The summed E-state index contributed by atoms with van der Waals surface area (Å²) < 4.78 is 0. The second-order valence-corrected chi connectivity index (χ2v) is 4.70. The number of anilines is 1. The number of aryl methyl sites for hydroxylation is 1. The van der Waals surface area contributed by atoms with Gasteiger partial charge in [0.25, 0.3) is 0 Å². The molecule has 1 aromatic heterocycles. The molecule has 1 aromatic rings. The first-order valence-corrected chi connectivity index (χ1v) is 5.20. The van der Waals surface area contributed by atoms with Gasteiger partial charge in [0.05, 0.1) is 6.54 Å². The highest BCUT2D eigenvalue weighted by Crippen LogP contribution is 2.02. The van der Waals surface area contributed by atoms with Gasteiger partial charge < -0.3 is 10.6 Å². The molecule has 0 saturated carbocycles. The topological polar surface area (TPSA) is 66.9 Å². The molecule has 0 bridgehead atoms. The number of nitrogens with zero attached hydrogens (tertiary/aromatic N) is 2. The summed E-state index contributed by atoms with van der Waals surface area (Å²) >= 11 is 0. The fraction of sp³-hybridized carbons (Fsp3) is 0.545. The van der Waals surface area contributed by atoms with Crippen molar-refractivity contribution in [3.05, 3.63) is 18.1 Å². The van der Waals surface area contributed by atoms with Crippen LogP contribution in [0.25, 0.3) is 0 Å². The monoisotopic (exact) mass is 222 g/mol. The number of nitrogens with one attached hydrogen (secondary N) is 2. The molecule has 0 aliphatic rings. The summed E-state index contributed by atoms with van der Waals surface area (Å²) in [5.41, 5.74) is 0.661. The molecule has 16 heavy (non-hydrogen) atoms. The molecule has 88 valence electrons. The molecule has 0 aliphatic heterocycles. The van der Waals surface area contributed by atoms with Crippen LogP contribution in [0.1, 0.15) is 26.5 Å². The highest BCUT2D eigenvalue weighted by atomic mass is 16.2. The van der Waals surface area contributed by atoms with Crippen molar-refractivity contribution in [2.45, 2.75) is 33.2 Å². The molecule has 0 aromatic carbocycles. The van der Waals surface area contributed by atoms with Gasteiger partial charge in [-0.2, -0.15) is 0 Å². The third-order valence-electron chi connectivity index (χ3n) is 1.75. The van der Waals surface area contributed by atoms with Gasteiger partial charge in [-0.15, -0.1) is 0 Å². The van der Waals surface area contributed by atoms with Crippen LogP contribution in [-0.4, -0.2) is 28.0 Å². The van der Waals surface area contributed by atoms with Crippen molar-refractivity contribution < 1.29 is 4.79 Å². The summed E-state index contributed by atoms with van der Waals surface area (Å²) in [6.45, 7) is 7.93. The number of hydrogen-bond acceptors (Lipinski definition) is 4. The molecule has 0 saturated heterocycles. The Balaban J connectivity index is 2.43. The molecular weight excluding hydrogens is 204 g/mol. The van der Waals surface area contributed by atoms with E-state index in [0.29, 0.717) is 5.82 Å². The fourth-order valence-electron chi connectivity index (χ4n) is 1.18. The summed E-state index contributed by atoms with van der Waals surface area (Å²) in [4.78, 5) is 19.5. The van der Waals surface area contributed by atoms with Crippen LogP contribution >= 0.6 is 0 Å². The molecule has 0 radical (unpaired) electrons. The van der Waals surface area contributed by atoms with Gasteiger partial charge >= 0.3 is 0 Å². The lowest BCUT2D eigenvalue weighted by Crippen LogP contribution is -2.43. The van der Waals surface area contributed by atoms with Gasteiger partial charge in [0.2, 0.25) is 5.91 Å². The average molecular weight is 222 g/mol. The van der Waals surface area contributed by atoms with E-state index in [-0.39, 0.29) is 18.0 Å². The fourth-order valence-corrected chi connectivity index (χ4v) is 1.18. The Morgan fingerprint density at radius 3 is 2.62 bits per heavy atom. The zero-order valence-corrected chi connectivity index (χ0v) is 10.2. The lowest BCUT2D eigenvalue weighted by molar-refractivity contribution is -0.120. The third kappa shape index (κ3) is 4.72. The summed E-state index contributed by atoms with van der Waals surface area (Å²) in [5, 5.41) is 5.80. The Morgan fingerprint density at radius 2 is 2.06 bits per heavy atom. The van der Waals surface area contributed by atoms with Crippen LogP contribution in [0.2, 0.25) is 0 Å². The van der Waals surface area contributed by atoms with E-state index in [1.807, 2.05) is 27.7 Å². The highest BCUT2D eigenvalue weighted by Gasteiger charge is 2.13. The van der Waals surface area contributed by atoms with Crippen LogP contribution in [0.5, 0.6) is 0 Å². The average Bonchev–Trinajstić information content (AvgIpc) is 2.12. The normalized spacial score (nSPS) is 11.0. The maximum atomic E-state index is 11.5. The van der Waals surface area contributed by atoms with Crippen LogP contribution < -0.4 is 10.6 Å². The predicted octanol–water partition coefficient (Wildman–Crippen LogP) is 1.11. The first-order valence-electron chi connectivity index (χ1n) is 5.20. The standard InChI is InChI=1S/C11H18N4O/c1-8-5-9(14-7-13-8)12-6-10(16)15-11(2,3)4/h5,7H,6H2,1-4H3,(H,15,16)(H,12,13,14). The molecule has 2 N–H and O–H groups in total. The summed E-state index contributed by atoms with van der Waals surface area (Å²) in [6, 6.07) is 1.80. The lowest BCUT2D eigenvalue weighted by Gasteiger charge is -2.20. The summed E-state index contributed by atoms with van der Waals surface area (Å²) in [6.07, 6.45) is 1.47. The van der Waals surface area contributed by atoms with E-state index in [9.17, 15) is 4.79 Å². The highest BCUT2D eigenvalue weighted by molar-refractivity contribution is 5.80. The number of amides is 1. The molecule has 5 nitrogen and oxygen atoms in total. The SMILES string of the molecule is Cc1cc(NCC(=O)NC(C)(C)C)ncn1. The quantitative estimate of drug-likeness (QED) is 0.804. The van der Waals surface area contributed by atoms with Crippen molar-refractivity contribution in [1.82, 2.24) is 15.3 Å². The minimum atomic E-state index is -0.208. The van der Waals surface area contributed by atoms with Crippen LogP contribution in [0.4, 0.5) is 5.82 Å². The van der Waals surface area contributed by atoms with Gasteiger partial charge in [-0.05, 0) is 27.7 Å². The van der Waals surface area contributed by atoms with Gasteiger partial charge in [-0.3, -0.25) is 4.79 Å². The second kappa shape index (κ2) is 4.92. The van der Waals surface area contributed by atoms with Crippen molar-refractivity contribution in [2.24, 2.45) is 0 Å². The number of hydrogen-bond donors (Lipinski definition) is 2. The van der Waals surface area contributed by atoms with Gasteiger partial charge in [0, 0.05) is 17.3 Å². The van der Waals surface area contributed by atoms with E-state index in [1.165, 1.54) is 6.33 Å². The van der Waals surface area contributed by atoms with E-state index in [2.05, 4.69) is 20.6 Å². The van der Waals surface area contributed by atoms with Crippen LogP contribution in [0.3, 0.4) is 0 Å². The van der Waals surface area contributed by atoms with Gasteiger partial charge in [0.1, 0.15) is 12.1 Å². The molecule has 0 aliphatic carbocycles. The Morgan fingerprint density at radius 1 is 1.38 bits per heavy atom. The number of carbonyl (C=O) groups is 1. The van der Waals surface area contributed by atoms with Crippen molar-refractivity contribution in [3.8, 4) is 0 Å². The van der Waals surface area contributed by atoms with Crippen LogP contribution in [0, 0.1) is 6.92 Å². The molecule has 0 atom stereocenters. The van der Waals surface area contributed by atoms with Gasteiger partial charge in [-0.1, -0.05) is 0 Å². The van der Waals surface area contributed by atoms with E-state index in [4.69, 9.17) is 0 Å². The van der Waals surface area contributed by atoms with Crippen molar-refractivity contribution in [3.63, 3.8) is 0 Å². The number of carbonyl (C=O) groups excluding carboxylic acids is 1. The van der Waals surface area contributed by atoms with Crippen molar-refractivity contribution in [1.29, 1.82) is 0 Å². The number of rotatable bonds is 3. The van der Waals surface area contributed by atoms with Gasteiger partial charge in [-0.25, -0.2) is 9.97 Å². The zero-order chi connectivity index (χ0) is 12.2. The van der Waals surface area contributed by atoms with Crippen LogP contribution in [-0.2, 0) is 4.79 Å². The minimum absolute atomic E-state index is 0.0521. The molecule has 5 heteroatoms. The van der Waals surface area contributed by atoms with E-state index in [1.54, 1.807) is 6.07 Å². The molecule has 1 amide bonds. The van der Waals surface area contributed by atoms with E-state index < -0.39 is 0 Å². The maximum Gasteiger partial charge on any atom is 0.239 e. The smallest absolute Gasteiger partial charge is 0.239 e. The van der Waals surface area contributed by atoms with Gasteiger partial charge in [0.15, 0.2) is 0 Å². The summed E-state index contributed by atoms with van der Waals surface area (Å²) in [7, 11) is 0. The predicted molar refractivity (Wildman–Crippen MR) is 63.2 cm³/mol. The van der Waals surface area contributed by atoms with E-state index >= 15 is 0 Å². The third-order valence-corrected chi connectivity index (χ3v) is 1.75. The largest absolute Gasteiger partial charge is 0.361 e. The first-order chi connectivity index (χ1) is 7.37. The molecule has 1 rings (SSSR count). The Hall–Kier alpha value is -1.65. The Labute approximate surface area is 95.7 Å². The molecular formula is C11H18N4O. The zero-order valence-electron chi connectivity index (χ0n) is 10.2. The summed E-state index contributed by atoms with van der Waals surface area (Å²) in [5.74, 6) is 0.611. The van der Waals surface area contributed by atoms with Crippen molar-refractivity contribution >= 4 is 11.7 Å². The molecule has 0 spiro atoms. The minimum Gasteiger partial charge on any atom is -0.361 e. The number of aromatic nitrogens is 2. The molecule has 0 fully saturated rings. The lowest BCUT2D eigenvalue weighted by atomic mass is 10.1. The molecule has 1 heterocycles.